The van der Waals surface area contributed by atoms with Crippen LogP contribution in [0.2, 0.25) is 5.02 Å². The van der Waals surface area contributed by atoms with Gasteiger partial charge in [0.25, 0.3) is 5.91 Å². The standard InChI is InChI=1S/C33H24ClF2N7O4/c34-27-13-14-28(43-18-37-40-41-43)26(30(27)36)12-15-29(44)42-17-16-24-23(19-4-8-22(9-5-19)39-33(46)47)2-1-3-25(24)31(42)32(45)38-21-10-6-20(35)7-11-21/h1-15,18,31,39H,16-17H2,(H,38,45)(H,46,47). The Bertz CT molecular complexity index is 2000. The lowest BCUT2D eigenvalue weighted by Crippen LogP contribution is -2.45. The number of tetrazole rings is 1. The first-order valence-corrected chi connectivity index (χ1v) is 14.6. The molecular formula is C33H24ClF2N7O4. The number of nitrogens with zero attached hydrogens (tertiary/aromatic N) is 5. The molecule has 4 aromatic carbocycles. The van der Waals surface area contributed by atoms with Gasteiger partial charge in [-0.15, -0.1) is 5.10 Å². The minimum absolute atomic E-state index is 0.0361. The van der Waals surface area contributed by atoms with E-state index >= 15 is 4.39 Å². The van der Waals surface area contributed by atoms with E-state index in [1.165, 1.54) is 58.4 Å². The molecule has 3 N–H and O–H groups in total. The number of carboxylic acid groups (broad SMARTS) is 1. The maximum atomic E-state index is 15.2. The lowest BCUT2D eigenvalue weighted by atomic mass is 9.86. The average Bonchev–Trinajstić information content (AvgIpc) is 3.60. The molecule has 0 spiro atoms. The number of carbonyl (C=O) groups is 3. The highest BCUT2D eigenvalue weighted by Crippen LogP contribution is 2.37. The van der Waals surface area contributed by atoms with Gasteiger partial charge in [0, 0.05) is 29.6 Å². The topological polar surface area (TPSA) is 142 Å². The average molecular weight is 656 g/mol. The summed E-state index contributed by atoms with van der Waals surface area (Å²) in [5, 5.41) is 24.9. The van der Waals surface area contributed by atoms with Crippen LogP contribution in [-0.4, -0.2) is 54.7 Å². The van der Waals surface area contributed by atoms with Crippen molar-refractivity contribution in [2.45, 2.75) is 12.5 Å². The van der Waals surface area contributed by atoms with Crippen LogP contribution in [0, 0.1) is 11.6 Å². The van der Waals surface area contributed by atoms with Crippen molar-refractivity contribution in [3.8, 4) is 16.8 Å². The van der Waals surface area contributed by atoms with E-state index in [-0.39, 0.29) is 22.8 Å². The third kappa shape index (κ3) is 6.56. The lowest BCUT2D eigenvalue weighted by Gasteiger charge is -2.36. The highest BCUT2D eigenvalue weighted by molar-refractivity contribution is 6.31. The SMILES string of the molecule is O=C(O)Nc1ccc(-c2cccc3c2CCN(C(=O)C=Cc2c(-n4cnnn4)ccc(Cl)c2F)C3C(=O)Nc2ccc(F)cc2)cc1. The summed E-state index contributed by atoms with van der Waals surface area (Å²) in [6.07, 6.45) is 2.88. The Kier molecular flexibility index (Phi) is 8.71. The van der Waals surface area contributed by atoms with Crippen molar-refractivity contribution in [3.05, 3.63) is 125 Å². The zero-order valence-electron chi connectivity index (χ0n) is 24.3. The van der Waals surface area contributed by atoms with Gasteiger partial charge < -0.3 is 15.3 Å². The Balaban J connectivity index is 1.37. The van der Waals surface area contributed by atoms with E-state index in [1.54, 1.807) is 36.4 Å². The lowest BCUT2D eigenvalue weighted by molar-refractivity contribution is -0.135. The van der Waals surface area contributed by atoms with Gasteiger partial charge in [-0.2, -0.15) is 4.68 Å². The number of nitrogens with one attached hydrogen (secondary N) is 2. The van der Waals surface area contributed by atoms with E-state index in [9.17, 15) is 18.8 Å². The number of halogens is 3. The zero-order chi connectivity index (χ0) is 33.1. The quantitative estimate of drug-likeness (QED) is 0.179. The van der Waals surface area contributed by atoms with Crippen LogP contribution < -0.4 is 10.6 Å². The number of carbonyl (C=O) groups excluding carboxylic acids is 2. The maximum absolute atomic E-state index is 15.2. The van der Waals surface area contributed by atoms with Crippen LogP contribution >= 0.6 is 11.6 Å². The second-order valence-corrected chi connectivity index (χ2v) is 10.9. The van der Waals surface area contributed by atoms with Crippen molar-refractivity contribution < 1.29 is 28.3 Å². The van der Waals surface area contributed by atoms with Gasteiger partial charge in [-0.05, 0) is 93.7 Å². The molecule has 1 aromatic heterocycles. The van der Waals surface area contributed by atoms with Gasteiger partial charge in [0.15, 0.2) is 5.82 Å². The number of amides is 3. The summed E-state index contributed by atoms with van der Waals surface area (Å²) in [5.41, 5.74) is 3.89. The largest absolute Gasteiger partial charge is 0.465 e. The van der Waals surface area contributed by atoms with Crippen LogP contribution in [0.1, 0.15) is 22.7 Å². The molecule has 0 radical (unpaired) electrons. The third-order valence-corrected chi connectivity index (χ3v) is 7.90. The molecule has 47 heavy (non-hydrogen) atoms. The summed E-state index contributed by atoms with van der Waals surface area (Å²) in [6, 6.07) is 19.2. The third-order valence-electron chi connectivity index (χ3n) is 7.61. The molecule has 3 amide bonds. The molecule has 0 saturated carbocycles. The van der Waals surface area contributed by atoms with Gasteiger partial charge in [-0.25, -0.2) is 13.6 Å². The Morgan fingerprint density at radius 3 is 2.36 bits per heavy atom. The predicted molar refractivity (Wildman–Crippen MR) is 170 cm³/mol. The number of hydrogen-bond donors (Lipinski definition) is 3. The summed E-state index contributed by atoms with van der Waals surface area (Å²) in [6.45, 7) is 0.130. The van der Waals surface area contributed by atoms with Crippen LogP contribution in [0.4, 0.5) is 25.0 Å². The van der Waals surface area contributed by atoms with Crippen molar-refractivity contribution in [1.29, 1.82) is 0 Å². The highest BCUT2D eigenvalue weighted by Gasteiger charge is 2.36. The summed E-state index contributed by atoms with van der Waals surface area (Å²) in [7, 11) is 0. The fourth-order valence-electron chi connectivity index (χ4n) is 5.50. The van der Waals surface area contributed by atoms with Gasteiger partial charge in [0.05, 0.1) is 10.7 Å². The van der Waals surface area contributed by atoms with Gasteiger partial charge in [-0.3, -0.25) is 14.9 Å². The van der Waals surface area contributed by atoms with E-state index in [4.69, 9.17) is 16.7 Å². The summed E-state index contributed by atoms with van der Waals surface area (Å²) in [4.78, 5) is 40.2. The molecule has 1 unspecified atom stereocenters. The van der Waals surface area contributed by atoms with E-state index in [0.29, 0.717) is 23.4 Å². The smallest absolute Gasteiger partial charge is 0.409 e. The minimum atomic E-state index is -1.19. The first-order chi connectivity index (χ1) is 22.7. The molecule has 6 rings (SSSR count). The van der Waals surface area contributed by atoms with E-state index in [2.05, 4.69) is 26.2 Å². The van der Waals surface area contributed by atoms with Crippen LogP contribution in [0.15, 0.2) is 91.3 Å². The molecular weight excluding hydrogens is 632 g/mol. The number of hydrogen-bond acceptors (Lipinski definition) is 6. The molecule has 1 aliphatic heterocycles. The molecule has 0 fully saturated rings. The Labute approximate surface area is 271 Å². The second kappa shape index (κ2) is 13.2. The number of benzene rings is 4. The van der Waals surface area contributed by atoms with E-state index < -0.39 is 35.6 Å². The van der Waals surface area contributed by atoms with Crippen LogP contribution in [0.3, 0.4) is 0 Å². The molecule has 5 aromatic rings. The molecule has 0 bridgehead atoms. The molecule has 1 aliphatic rings. The number of aromatic nitrogens is 4. The monoisotopic (exact) mass is 655 g/mol. The Morgan fingerprint density at radius 1 is 0.936 bits per heavy atom. The van der Waals surface area contributed by atoms with Crippen molar-refractivity contribution in [3.63, 3.8) is 0 Å². The normalized spacial score (nSPS) is 14.1. The van der Waals surface area contributed by atoms with Gasteiger partial charge in [0.1, 0.15) is 18.2 Å². The fourth-order valence-corrected chi connectivity index (χ4v) is 5.66. The second-order valence-electron chi connectivity index (χ2n) is 10.4. The van der Waals surface area contributed by atoms with Gasteiger partial charge in [0.2, 0.25) is 5.91 Å². The van der Waals surface area contributed by atoms with Crippen LogP contribution in [0.25, 0.3) is 22.9 Å². The number of rotatable bonds is 7. The first kappa shape index (κ1) is 31.0. The van der Waals surface area contributed by atoms with Gasteiger partial charge in [-0.1, -0.05) is 41.9 Å². The molecule has 0 saturated heterocycles. The highest BCUT2D eigenvalue weighted by atomic mass is 35.5. The zero-order valence-corrected chi connectivity index (χ0v) is 25.0. The summed E-state index contributed by atoms with van der Waals surface area (Å²) in [5.74, 6) is -2.38. The van der Waals surface area contributed by atoms with Crippen molar-refractivity contribution in [2.75, 3.05) is 17.2 Å². The van der Waals surface area contributed by atoms with E-state index in [0.717, 1.165) is 22.8 Å². The van der Waals surface area contributed by atoms with E-state index in [1.807, 2.05) is 6.07 Å². The first-order valence-electron chi connectivity index (χ1n) is 14.2. The van der Waals surface area contributed by atoms with Crippen molar-refractivity contribution in [2.24, 2.45) is 0 Å². The fraction of sp³-hybridized carbons (Fsp3) is 0.0909. The Hall–Kier alpha value is -5.95. The summed E-state index contributed by atoms with van der Waals surface area (Å²) >= 11 is 6.04. The maximum Gasteiger partial charge on any atom is 0.409 e. The predicted octanol–water partition coefficient (Wildman–Crippen LogP) is 6.13. The molecule has 11 nitrogen and oxygen atoms in total. The number of fused-ring (bicyclic) bond motifs is 1. The molecule has 236 valence electrons. The van der Waals surface area contributed by atoms with Crippen LogP contribution in [-0.2, 0) is 16.0 Å². The summed E-state index contributed by atoms with van der Waals surface area (Å²) < 4.78 is 30.0. The van der Waals surface area contributed by atoms with Crippen molar-refractivity contribution >= 4 is 47.0 Å². The Morgan fingerprint density at radius 2 is 1.66 bits per heavy atom. The van der Waals surface area contributed by atoms with Crippen molar-refractivity contribution in [1.82, 2.24) is 25.1 Å². The van der Waals surface area contributed by atoms with Gasteiger partial charge >= 0.3 is 6.09 Å². The number of anilines is 2. The molecule has 14 heteroatoms. The molecule has 2 heterocycles. The minimum Gasteiger partial charge on any atom is -0.465 e. The molecule has 1 atom stereocenters. The molecule has 0 aliphatic carbocycles. The van der Waals surface area contributed by atoms with Crippen LogP contribution in [0.5, 0.6) is 0 Å².